The molecule has 2 aromatic carbocycles. The van der Waals surface area contributed by atoms with Crippen LogP contribution in [-0.4, -0.2) is 27.2 Å². The summed E-state index contributed by atoms with van der Waals surface area (Å²) in [4.78, 5) is 5.37. The third kappa shape index (κ3) is 2.29. The van der Waals surface area contributed by atoms with E-state index >= 15 is 0 Å². The second-order valence-electron chi connectivity index (χ2n) is 9.07. The first kappa shape index (κ1) is 17.2. The first-order valence-corrected chi connectivity index (χ1v) is 11.2. The van der Waals surface area contributed by atoms with Gasteiger partial charge in [0, 0.05) is 22.7 Å². The molecule has 0 radical (unpaired) electrons. The first-order chi connectivity index (χ1) is 15.2. The summed E-state index contributed by atoms with van der Waals surface area (Å²) in [6.07, 6.45) is 12.4. The molecule has 4 aliphatic rings. The molecule has 3 aromatic rings. The number of allylic oxidation sites excluding steroid dienone is 5. The highest BCUT2D eigenvalue weighted by atomic mass is 15.2. The monoisotopic (exact) mass is 402 g/mol. The second kappa shape index (κ2) is 6.04. The highest BCUT2D eigenvalue weighted by molar-refractivity contribution is 6.17. The van der Waals surface area contributed by atoms with Crippen LogP contribution in [0.1, 0.15) is 34.9 Å². The van der Waals surface area contributed by atoms with Crippen LogP contribution in [0.15, 0.2) is 71.3 Å². The Balaban J connectivity index is 1.48. The fourth-order valence-corrected chi connectivity index (χ4v) is 5.80. The van der Waals surface area contributed by atoms with Crippen LogP contribution in [0.2, 0.25) is 0 Å². The predicted octanol–water partition coefficient (Wildman–Crippen LogP) is 5.56. The number of amidine groups is 1. The lowest BCUT2D eigenvalue weighted by Crippen LogP contribution is -2.23. The molecule has 150 valence electrons. The van der Waals surface area contributed by atoms with E-state index in [9.17, 15) is 0 Å². The molecule has 31 heavy (non-hydrogen) atoms. The Morgan fingerprint density at radius 1 is 1.03 bits per heavy atom. The van der Waals surface area contributed by atoms with E-state index in [0.717, 1.165) is 31.2 Å². The topological polar surface area (TPSA) is 20.3 Å². The van der Waals surface area contributed by atoms with Crippen LogP contribution in [0.5, 0.6) is 0 Å². The summed E-state index contributed by atoms with van der Waals surface area (Å²) in [7, 11) is 0. The molecule has 3 nitrogen and oxygen atoms in total. The normalized spacial score (nSPS) is 20.5. The third-order valence-electron chi connectivity index (χ3n) is 7.51. The van der Waals surface area contributed by atoms with E-state index in [-0.39, 0.29) is 0 Å². The molecule has 0 saturated carbocycles. The number of aromatic nitrogens is 1. The zero-order valence-electron chi connectivity index (χ0n) is 17.9. The zero-order valence-corrected chi connectivity index (χ0v) is 17.9. The highest BCUT2D eigenvalue weighted by Gasteiger charge is 2.38. The molecule has 2 aliphatic heterocycles. The van der Waals surface area contributed by atoms with E-state index in [1.54, 1.807) is 0 Å². The minimum atomic E-state index is 0.501. The average molecular weight is 403 g/mol. The molecule has 3 heterocycles. The SMILES string of the molecule is CC1=[N+]2CCn3c(C)c4c(c3N=C2c2cc3ccccc3cc21)C=C1C=CC=CC1C4. The van der Waals surface area contributed by atoms with E-state index in [1.807, 2.05) is 0 Å². The lowest BCUT2D eigenvalue weighted by atomic mass is 9.82. The maximum Gasteiger partial charge on any atom is 0.333 e. The number of benzene rings is 2. The smallest absolute Gasteiger partial charge is 0.305 e. The van der Waals surface area contributed by atoms with Crippen LogP contribution in [0.4, 0.5) is 5.82 Å². The number of hydrogen-bond donors (Lipinski definition) is 0. The summed E-state index contributed by atoms with van der Waals surface area (Å²) in [5.74, 6) is 2.74. The van der Waals surface area contributed by atoms with Crippen molar-refractivity contribution < 1.29 is 4.58 Å². The molecule has 0 N–H and O–H groups in total. The number of nitrogens with zero attached hydrogens (tertiary/aromatic N) is 3. The van der Waals surface area contributed by atoms with Crippen molar-refractivity contribution in [2.75, 3.05) is 6.54 Å². The fourth-order valence-electron chi connectivity index (χ4n) is 5.80. The molecule has 1 unspecified atom stereocenters. The van der Waals surface area contributed by atoms with Gasteiger partial charge in [0.15, 0.2) is 0 Å². The van der Waals surface area contributed by atoms with E-state index in [2.05, 4.69) is 89.8 Å². The Morgan fingerprint density at radius 3 is 2.68 bits per heavy atom. The van der Waals surface area contributed by atoms with Gasteiger partial charge in [-0.1, -0.05) is 48.6 Å². The molecule has 1 aromatic heterocycles. The minimum absolute atomic E-state index is 0.501. The van der Waals surface area contributed by atoms with Gasteiger partial charge in [-0.05, 0) is 65.4 Å². The molecule has 7 rings (SSSR count). The molecule has 3 heteroatoms. The Labute approximate surface area is 182 Å². The van der Waals surface area contributed by atoms with Crippen molar-refractivity contribution in [2.24, 2.45) is 10.9 Å². The van der Waals surface area contributed by atoms with E-state index in [4.69, 9.17) is 4.99 Å². The molecule has 0 fully saturated rings. The van der Waals surface area contributed by atoms with Gasteiger partial charge in [-0.2, -0.15) is 0 Å². The van der Waals surface area contributed by atoms with Crippen molar-refractivity contribution in [3.8, 4) is 0 Å². The van der Waals surface area contributed by atoms with Crippen molar-refractivity contribution in [3.63, 3.8) is 0 Å². The van der Waals surface area contributed by atoms with Gasteiger partial charge in [-0.3, -0.25) is 0 Å². The summed E-state index contributed by atoms with van der Waals surface area (Å²) in [5, 5.41) is 2.57. The maximum atomic E-state index is 5.37. The molecule has 0 saturated heterocycles. The van der Waals surface area contributed by atoms with Gasteiger partial charge >= 0.3 is 5.84 Å². The van der Waals surface area contributed by atoms with Crippen molar-refractivity contribution in [1.82, 2.24) is 4.57 Å². The number of aliphatic imine (C=N–C) groups is 1. The Hall–Kier alpha value is -3.46. The Bertz CT molecular complexity index is 1470. The number of hydrogen-bond acceptors (Lipinski definition) is 1. The average Bonchev–Trinajstić information content (AvgIpc) is 3.09. The summed E-state index contributed by atoms with van der Waals surface area (Å²) >= 11 is 0. The summed E-state index contributed by atoms with van der Waals surface area (Å²) < 4.78 is 4.87. The summed E-state index contributed by atoms with van der Waals surface area (Å²) in [6, 6.07) is 13.3. The molecule has 0 amide bonds. The van der Waals surface area contributed by atoms with Gasteiger partial charge in [-0.25, -0.2) is 4.58 Å². The van der Waals surface area contributed by atoms with Crippen molar-refractivity contribution in [1.29, 1.82) is 0 Å². The lowest BCUT2D eigenvalue weighted by Gasteiger charge is -2.21. The zero-order chi connectivity index (χ0) is 20.7. The van der Waals surface area contributed by atoms with Crippen molar-refractivity contribution in [3.05, 3.63) is 94.2 Å². The maximum absolute atomic E-state index is 5.37. The van der Waals surface area contributed by atoms with Crippen LogP contribution in [0.25, 0.3) is 16.8 Å². The van der Waals surface area contributed by atoms with Gasteiger partial charge in [0.1, 0.15) is 12.3 Å². The highest BCUT2D eigenvalue weighted by Crippen LogP contribution is 2.42. The molecule has 2 aliphatic carbocycles. The molecule has 0 spiro atoms. The largest absolute Gasteiger partial charge is 0.333 e. The van der Waals surface area contributed by atoms with Gasteiger partial charge in [-0.15, -0.1) is 0 Å². The third-order valence-corrected chi connectivity index (χ3v) is 7.51. The van der Waals surface area contributed by atoms with Crippen LogP contribution >= 0.6 is 0 Å². The quantitative estimate of drug-likeness (QED) is 0.439. The van der Waals surface area contributed by atoms with Gasteiger partial charge < -0.3 is 4.57 Å². The molecule has 0 bridgehead atoms. The minimum Gasteiger partial charge on any atom is -0.305 e. The number of rotatable bonds is 0. The predicted molar refractivity (Wildman–Crippen MR) is 128 cm³/mol. The van der Waals surface area contributed by atoms with Gasteiger partial charge in [0.05, 0.1) is 12.1 Å². The summed E-state index contributed by atoms with van der Waals surface area (Å²) in [5.41, 5.74) is 9.48. The van der Waals surface area contributed by atoms with Crippen LogP contribution in [0.3, 0.4) is 0 Å². The van der Waals surface area contributed by atoms with E-state index in [0.29, 0.717) is 5.92 Å². The molecular weight excluding hydrogens is 378 g/mol. The Kier molecular flexibility index (Phi) is 3.36. The van der Waals surface area contributed by atoms with Crippen LogP contribution < -0.4 is 0 Å². The van der Waals surface area contributed by atoms with Crippen molar-refractivity contribution >= 4 is 34.2 Å². The number of fused-ring (bicyclic) bond motifs is 8. The molecule has 1 atom stereocenters. The fraction of sp³-hybridized carbons (Fsp3) is 0.214. The summed E-state index contributed by atoms with van der Waals surface area (Å²) in [6.45, 7) is 6.44. The van der Waals surface area contributed by atoms with E-state index < -0.39 is 0 Å². The van der Waals surface area contributed by atoms with Gasteiger partial charge in [0.25, 0.3) is 5.82 Å². The first-order valence-electron chi connectivity index (χ1n) is 11.2. The molecular formula is C28H24N3+. The lowest BCUT2D eigenvalue weighted by molar-refractivity contribution is -0.405. The van der Waals surface area contributed by atoms with Crippen LogP contribution in [0, 0.1) is 12.8 Å². The van der Waals surface area contributed by atoms with Crippen molar-refractivity contribution in [2.45, 2.75) is 26.8 Å². The standard InChI is InChI=1S/C28H24N3/c1-17-23-13-19-7-3-5-9-21(19)15-25(23)27-29-28-26-16-22-10-6-4-8-20(22)14-24(26)18(2)31(28)12-11-30(17)27/h3-10,13,15-16,20H,11-12,14H2,1-2H3/q+1. The second-order valence-corrected chi connectivity index (χ2v) is 9.07. The Morgan fingerprint density at radius 2 is 1.84 bits per heavy atom. The van der Waals surface area contributed by atoms with Gasteiger partial charge in [0.2, 0.25) is 0 Å². The van der Waals surface area contributed by atoms with Crippen LogP contribution in [-0.2, 0) is 13.0 Å². The van der Waals surface area contributed by atoms with E-state index in [1.165, 1.54) is 50.0 Å².